The Hall–Kier alpha value is -0.300. The Bertz CT molecular complexity index is 546. The summed E-state index contributed by atoms with van der Waals surface area (Å²) >= 11 is 10.0. The summed E-state index contributed by atoms with van der Waals surface area (Å²) in [5.74, 6) is 0. The number of rotatable bonds is 3. The first-order valence-corrected chi connectivity index (χ1v) is 7.53. The highest BCUT2D eigenvalue weighted by Crippen LogP contribution is 2.26. The number of aliphatic hydroxyl groups excluding tert-OH is 1. The molecule has 1 unspecified atom stereocenters. The summed E-state index contributed by atoms with van der Waals surface area (Å²) in [5, 5.41) is 10.2. The molecule has 0 aromatic carbocycles. The molecule has 0 aliphatic heterocycles. The van der Waals surface area contributed by atoms with E-state index in [0.717, 1.165) is 19.1 Å². The summed E-state index contributed by atoms with van der Waals surface area (Å²) in [4.78, 5) is 8.44. The zero-order valence-electron chi connectivity index (χ0n) is 9.15. The third-order valence-corrected chi connectivity index (χ3v) is 3.88. The van der Waals surface area contributed by atoms with Crippen LogP contribution in [0.1, 0.15) is 17.5 Å². The first-order chi connectivity index (χ1) is 8.56. The molecule has 2 aromatic rings. The number of halogens is 3. The second-order valence-corrected chi connectivity index (χ2v) is 6.39. The predicted molar refractivity (Wildman–Crippen MR) is 80.2 cm³/mol. The third kappa shape index (κ3) is 3.60. The monoisotopic (exact) mass is 434 g/mol. The molecule has 0 amide bonds. The number of aromatic nitrogens is 2. The van der Waals surface area contributed by atoms with Crippen molar-refractivity contribution in [1.82, 2.24) is 9.97 Å². The molecule has 2 aromatic heterocycles. The lowest BCUT2D eigenvalue weighted by molar-refractivity contribution is 0.171. The SMILES string of the molecule is OC(Cc1ccc(Br)cn1)c1ncc(Br)cc1Br. The van der Waals surface area contributed by atoms with Gasteiger partial charge in [0.25, 0.3) is 0 Å². The van der Waals surface area contributed by atoms with Crippen molar-refractivity contribution in [3.05, 3.63) is 55.4 Å². The minimum absolute atomic E-state index is 0.431. The highest BCUT2D eigenvalue weighted by Gasteiger charge is 2.14. The minimum Gasteiger partial charge on any atom is -0.386 e. The van der Waals surface area contributed by atoms with Crippen LogP contribution in [0.15, 0.2) is 44.0 Å². The van der Waals surface area contributed by atoms with Crippen LogP contribution in [0.25, 0.3) is 0 Å². The maximum Gasteiger partial charge on any atom is 0.103 e. The Balaban J connectivity index is 2.16. The van der Waals surface area contributed by atoms with Crippen LogP contribution >= 0.6 is 47.8 Å². The van der Waals surface area contributed by atoms with Crippen molar-refractivity contribution in [1.29, 1.82) is 0 Å². The van der Waals surface area contributed by atoms with E-state index in [0.29, 0.717) is 12.1 Å². The van der Waals surface area contributed by atoms with Crippen LogP contribution in [-0.2, 0) is 6.42 Å². The number of hydrogen-bond donors (Lipinski definition) is 1. The van der Waals surface area contributed by atoms with Gasteiger partial charge in [-0.3, -0.25) is 9.97 Å². The normalized spacial score (nSPS) is 12.4. The lowest BCUT2D eigenvalue weighted by Gasteiger charge is -2.11. The molecule has 0 aliphatic carbocycles. The highest BCUT2D eigenvalue weighted by molar-refractivity contribution is 9.11. The fourth-order valence-corrected chi connectivity index (χ4v) is 2.98. The van der Waals surface area contributed by atoms with Crippen molar-refractivity contribution in [3.63, 3.8) is 0 Å². The summed E-state index contributed by atoms with van der Waals surface area (Å²) in [6, 6.07) is 5.64. The highest BCUT2D eigenvalue weighted by atomic mass is 79.9. The molecule has 3 nitrogen and oxygen atoms in total. The number of hydrogen-bond acceptors (Lipinski definition) is 3. The van der Waals surface area contributed by atoms with Crippen molar-refractivity contribution in [2.45, 2.75) is 12.5 Å². The Labute approximate surface area is 130 Å². The third-order valence-electron chi connectivity index (χ3n) is 2.34. The quantitative estimate of drug-likeness (QED) is 0.789. The van der Waals surface area contributed by atoms with E-state index in [4.69, 9.17) is 0 Å². The van der Waals surface area contributed by atoms with Gasteiger partial charge in [0.15, 0.2) is 0 Å². The van der Waals surface area contributed by atoms with E-state index in [2.05, 4.69) is 57.8 Å². The molecule has 0 fully saturated rings. The Kier molecular flexibility index (Phi) is 4.89. The molecule has 2 heterocycles. The molecule has 0 spiro atoms. The predicted octanol–water partition coefficient (Wildman–Crippen LogP) is 4.04. The Morgan fingerprint density at radius 2 is 1.78 bits per heavy atom. The van der Waals surface area contributed by atoms with Crippen molar-refractivity contribution in [3.8, 4) is 0 Å². The molecule has 1 atom stereocenters. The fraction of sp³-hybridized carbons (Fsp3) is 0.167. The van der Waals surface area contributed by atoms with Crippen molar-refractivity contribution in [2.24, 2.45) is 0 Å². The van der Waals surface area contributed by atoms with Gasteiger partial charge in [-0.1, -0.05) is 0 Å². The second-order valence-electron chi connectivity index (χ2n) is 3.71. The van der Waals surface area contributed by atoms with Crippen molar-refractivity contribution >= 4 is 47.8 Å². The molecule has 0 saturated carbocycles. The molecule has 0 aliphatic rings. The van der Waals surface area contributed by atoms with Gasteiger partial charge in [0.05, 0.1) is 5.69 Å². The lowest BCUT2D eigenvalue weighted by Crippen LogP contribution is -2.06. The zero-order valence-corrected chi connectivity index (χ0v) is 13.9. The fourth-order valence-electron chi connectivity index (χ4n) is 1.49. The topological polar surface area (TPSA) is 46.0 Å². The van der Waals surface area contributed by atoms with Gasteiger partial charge in [-0.15, -0.1) is 0 Å². The molecule has 94 valence electrons. The van der Waals surface area contributed by atoms with Gasteiger partial charge >= 0.3 is 0 Å². The van der Waals surface area contributed by atoms with Gasteiger partial charge in [0.1, 0.15) is 6.10 Å². The number of nitrogens with zero attached hydrogens (tertiary/aromatic N) is 2. The van der Waals surface area contributed by atoms with Gasteiger partial charge in [-0.25, -0.2) is 0 Å². The molecule has 1 N–H and O–H groups in total. The van der Waals surface area contributed by atoms with E-state index < -0.39 is 6.10 Å². The summed E-state index contributed by atoms with van der Waals surface area (Å²) in [6.07, 6.45) is 3.13. The van der Waals surface area contributed by atoms with E-state index in [1.54, 1.807) is 12.4 Å². The van der Waals surface area contributed by atoms with Crippen molar-refractivity contribution < 1.29 is 5.11 Å². The van der Waals surface area contributed by atoms with E-state index in [1.165, 1.54) is 0 Å². The van der Waals surface area contributed by atoms with E-state index >= 15 is 0 Å². The molecule has 0 saturated heterocycles. The van der Waals surface area contributed by atoms with E-state index in [9.17, 15) is 5.11 Å². The Morgan fingerprint density at radius 1 is 1.06 bits per heavy atom. The summed E-state index contributed by atoms with van der Waals surface area (Å²) in [5.41, 5.74) is 1.44. The van der Waals surface area contributed by atoms with E-state index in [-0.39, 0.29) is 0 Å². The standard InChI is InChI=1S/C12H9Br3N2O/c13-7-1-2-9(16-5-7)4-11(18)12-10(15)3-8(14)6-17-12/h1-3,5-6,11,18H,4H2. The zero-order chi connectivity index (χ0) is 13.1. The molecule has 0 radical (unpaired) electrons. The smallest absolute Gasteiger partial charge is 0.103 e. The average molecular weight is 437 g/mol. The number of aliphatic hydroxyl groups is 1. The lowest BCUT2D eigenvalue weighted by atomic mass is 10.1. The van der Waals surface area contributed by atoms with Crippen molar-refractivity contribution in [2.75, 3.05) is 0 Å². The minimum atomic E-state index is -0.679. The van der Waals surface area contributed by atoms with Crippen LogP contribution in [0.3, 0.4) is 0 Å². The first-order valence-electron chi connectivity index (χ1n) is 5.15. The largest absolute Gasteiger partial charge is 0.386 e. The maximum absolute atomic E-state index is 10.2. The molecule has 2 rings (SSSR count). The molecule has 6 heteroatoms. The average Bonchev–Trinajstić information content (AvgIpc) is 2.32. The maximum atomic E-state index is 10.2. The van der Waals surface area contributed by atoms with Crippen LogP contribution in [0, 0.1) is 0 Å². The van der Waals surface area contributed by atoms with Crippen LogP contribution in [0.5, 0.6) is 0 Å². The van der Waals surface area contributed by atoms with Crippen LogP contribution < -0.4 is 0 Å². The summed E-state index contributed by atoms with van der Waals surface area (Å²) < 4.78 is 2.57. The van der Waals surface area contributed by atoms with Crippen LogP contribution in [0.2, 0.25) is 0 Å². The van der Waals surface area contributed by atoms with Gasteiger partial charge in [-0.05, 0) is 66.0 Å². The van der Waals surface area contributed by atoms with Gasteiger partial charge in [-0.2, -0.15) is 0 Å². The number of pyridine rings is 2. The van der Waals surface area contributed by atoms with Gasteiger partial charge in [0, 0.05) is 37.9 Å². The molecule has 0 bridgehead atoms. The van der Waals surface area contributed by atoms with E-state index in [1.807, 2.05) is 18.2 Å². The Morgan fingerprint density at radius 3 is 2.39 bits per heavy atom. The van der Waals surface area contributed by atoms with Gasteiger partial charge < -0.3 is 5.11 Å². The molecular weight excluding hydrogens is 428 g/mol. The summed E-state index contributed by atoms with van der Waals surface area (Å²) in [6.45, 7) is 0. The second kappa shape index (κ2) is 6.23. The summed E-state index contributed by atoms with van der Waals surface area (Å²) in [7, 11) is 0. The molecule has 18 heavy (non-hydrogen) atoms. The van der Waals surface area contributed by atoms with Crippen LogP contribution in [0.4, 0.5) is 0 Å². The molecular formula is C12H9Br3N2O. The van der Waals surface area contributed by atoms with Gasteiger partial charge in [0.2, 0.25) is 0 Å². The first kappa shape index (κ1) is 14.1. The van der Waals surface area contributed by atoms with Crippen LogP contribution in [-0.4, -0.2) is 15.1 Å².